The van der Waals surface area contributed by atoms with Crippen LogP contribution in [0.4, 0.5) is 4.79 Å². The number of nitrogens with one attached hydrogen (secondary N) is 2. The normalized spacial score (nSPS) is 22.2. The number of hydrazine groups is 1. The number of amides is 2. The number of urea groups is 1. The molecule has 1 saturated heterocycles. The number of fused-ring (bicyclic) bond motifs is 1. The second-order valence-electron chi connectivity index (χ2n) is 6.34. The number of carbonyl (C=O) groups is 1. The second kappa shape index (κ2) is 8.68. The molecule has 1 aliphatic carbocycles. The van der Waals surface area contributed by atoms with Gasteiger partial charge >= 0.3 is 34.1 Å². The Kier molecular flexibility index (Phi) is 6.87. The van der Waals surface area contributed by atoms with E-state index >= 15 is 0 Å². The van der Waals surface area contributed by atoms with Crippen LogP contribution in [0.25, 0.3) is 0 Å². The molecule has 0 spiro atoms. The largest absolute Gasteiger partial charge is 2.00 e. The van der Waals surface area contributed by atoms with Crippen molar-refractivity contribution in [2.45, 2.75) is 26.2 Å². The average Bonchev–Trinajstić information content (AvgIpc) is 3.08. The van der Waals surface area contributed by atoms with Gasteiger partial charge in [0, 0.05) is 15.9 Å². The first kappa shape index (κ1) is 19.0. The van der Waals surface area contributed by atoms with E-state index in [-0.39, 0.29) is 29.9 Å². The van der Waals surface area contributed by atoms with E-state index in [9.17, 15) is 9.59 Å². The molecule has 24 heavy (non-hydrogen) atoms. The van der Waals surface area contributed by atoms with Crippen molar-refractivity contribution in [3.8, 4) is 0 Å². The van der Waals surface area contributed by atoms with Crippen molar-refractivity contribution >= 4 is 25.0 Å². The molecule has 1 aromatic rings. The maximum atomic E-state index is 12.2. The predicted octanol–water partition coefficient (Wildman–Crippen LogP) is 1.01. The average molecular weight is 501 g/mol. The molecule has 0 radical (unpaired) electrons. The number of hydrogen-bond donors (Lipinski definition) is 2. The first-order chi connectivity index (χ1) is 11.2. The van der Waals surface area contributed by atoms with E-state index in [1.54, 1.807) is 12.1 Å². The topological polar surface area (TPSA) is 70.7 Å². The third-order valence-corrected chi connectivity index (χ3v) is 4.69. The summed E-state index contributed by atoms with van der Waals surface area (Å²) in [6, 6.07) is 8.01. The van der Waals surface area contributed by atoms with Crippen LogP contribution < -0.4 is 16.1 Å². The Labute approximate surface area is 160 Å². The van der Waals surface area contributed by atoms with Crippen molar-refractivity contribution in [1.82, 2.24) is 15.7 Å². The second-order valence-corrected chi connectivity index (χ2v) is 6.34. The molecule has 0 aromatic heterocycles. The van der Waals surface area contributed by atoms with Gasteiger partial charge in [0.25, 0.3) is 0 Å². The van der Waals surface area contributed by atoms with E-state index < -0.39 is 7.05 Å². The monoisotopic (exact) mass is 501 g/mol. The zero-order valence-corrected chi connectivity index (χ0v) is 16.5. The SMILES string of the molecule is Cc1c[c-]c(B(NC(=O)NN2CC3CCCC3C2)O[C-]=O)cc1.[HH].[HH].[W+2]. The van der Waals surface area contributed by atoms with Gasteiger partial charge in [0.1, 0.15) is 0 Å². The van der Waals surface area contributed by atoms with Crippen LogP contribution in [0.1, 0.15) is 27.7 Å². The third kappa shape index (κ3) is 4.61. The molecule has 2 atom stereocenters. The summed E-state index contributed by atoms with van der Waals surface area (Å²) in [6.07, 6.45) is 3.78. The number of carbonyl (C=O) groups excluding carboxylic acids is 2. The van der Waals surface area contributed by atoms with E-state index in [1.165, 1.54) is 25.7 Å². The van der Waals surface area contributed by atoms with Gasteiger partial charge in [-0.3, -0.25) is 5.43 Å². The van der Waals surface area contributed by atoms with Crippen molar-refractivity contribution in [2.24, 2.45) is 11.8 Å². The van der Waals surface area contributed by atoms with Crippen molar-refractivity contribution in [3.63, 3.8) is 0 Å². The molecule has 1 heterocycles. The predicted molar refractivity (Wildman–Crippen MR) is 90.5 cm³/mol. The van der Waals surface area contributed by atoms with Crippen molar-refractivity contribution in [3.05, 3.63) is 29.8 Å². The zero-order chi connectivity index (χ0) is 16.2. The van der Waals surface area contributed by atoms with Crippen molar-refractivity contribution in [1.29, 1.82) is 0 Å². The molecule has 2 unspecified atom stereocenters. The summed E-state index contributed by atoms with van der Waals surface area (Å²) in [5.74, 6) is 1.38. The fourth-order valence-electron chi connectivity index (χ4n) is 3.52. The Balaban J connectivity index is 0.00000208. The smallest absolute Gasteiger partial charge is 0.707 e. The quantitative estimate of drug-likeness (QED) is 0.467. The van der Waals surface area contributed by atoms with Gasteiger partial charge in [-0.1, -0.05) is 19.8 Å². The molecule has 2 amide bonds. The van der Waals surface area contributed by atoms with Gasteiger partial charge < -0.3 is 14.7 Å². The molecule has 3 rings (SSSR count). The molecular weight excluding hydrogens is 477 g/mol. The summed E-state index contributed by atoms with van der Waals surface area (Å²) in [6.45, 7) is 5.10. The van der Waals surface area contributed by atoms with Gasteiger partial charge in [-0.05, 0) is 24.7 Å². The van der Waals surface area contributed by atoms with E-state index in [0.717, 1.165) is 18.7 Å². The molecule has 8 heteroatoms. The summed E-state index contributed by atoms with van der Waals surface area (Å²) in [4.78, 5) is 22.7. The van der Waals surface area contributed by atoms with Crippen LogP contribution >= 0.6 is 0 Å². The zero-order valence-electron chi connectivity index (χ0n) is 13.6. The number of benzene rings is 1. The molecule has 130 valence electrons. The number of nitrogens with zero attached hydrogens (tertiary/aromatic N) is 1. The fraction of sp³-hybridized carbons (Fsp3) is 0.500. The van der Waals surface area contributed by atoms with Crippen LogP contribution in [-0.2, 0) is 30.5 Å². The summed E-state index contributed by atoms with van der Waals surface area (Å²) in [7, 11) is -0.893. The Morgan fingerprint density at radius 1 is 1.42 bits per heavy atom. The van der Waals surface area contributed by atoms with Crippen LogP contribution in [0.2, 0.25) is 0 Å². The molecule has 2 fully saturated rings. The number of rotatable bonds is 5. The van der Waals surface area contributed by atoms with Crippen molar-refractivity contribution in [2.75, 3.05) is 13.1 Å². The maximum Gasteiger partial charge on any atom is 2.00 e. The summed E-state index contributed by atoms with van der Waals surface area (Å²) in [5.41, 5.74) is 4.45. The van der Waals surface area contributed by atoms with Crippen LogP contribution in [-0.4, -0.2) is 37.7 Å². The minimum absolute atomic E-state index is 0. The summed E-state index contributed by atoms with van der Waals surface area (Å²) in [5, 5.41) is 4.59. The van der Waals surface area contributed by atoms with Gasteiger partial charge in [0.15, 0.2) is 0 Å². The van der Waals surface area contributed by atoms with Gasteiger partial charge in [0.05, 0.1) is 0 Å². The van der Waals surface area contributed by atoms with E-state index in [0.29, 0.717) is 17.3 Å². The fourth-order valence-corrected chi connectivity index (χ4v) is 3.52. The Bertz CT molecular complexity index is 570. The standard InChI is InChI=1S/C16H20BN3O3.W.2H2/c1-12-5-7-15(8-6-12)17(23-11-21)18-16(22)19-20-9-13-3-2-4-14(13)10-20;;;/h5-7,13-14H,2-4,9-10H2,1H3,(H2,18,19,22);;2*1H/q-2;+2;;. The maximum absolute atomic E-state index is 12.2. The summed E-state index contributed by atoms with van der Waals surface area (Å²) < 4.78 is 4.85. The van der Waals surface area contributed by atoms with Gasteiger partial charge in [-0.25, -0.2) is 9.80 Å². The minimum Gasteiger partial charge on any atom is -0.707 e. The molecule has 1 aliphatic heterocycles. The van der Waals surface area contributed by atoms with Gasteiger partial charge in [-0.15, -0.1) is 5.46 Å². The first-order valence-electron chi connectivity index (χ1n) is 7.99. The van der Waals surface area contributed by atoms with Crippen LogP contribution in [0, 0.1) is 24.8 Å². The molecule has 6 nitrogen and oxygen atoms in total. The molecule has 0 bridgehead atoms. The summed E-state index contributed by atoms with van der Waals surface area (Å²) >= 11 is 0. The van der Waals surface area contributed by atoms with Crippen LogP contribution in [0.15, 0.2) is 18.2 Å². The molecule has 2 N–H and O–H groups in total. The van der Waals surface area contributed by atoms with Crippen LogP contribution in [0.3, 0.4) is 0 Å². The van der Waals surface area contributed by atoms with E-state index in [1.807, 2.05) is 18.0 Å². The molecule has 2 aliphatic rings. The van der Waals surface area contributed by atoms with E-state index in [2.05, 4.69) is 16.7 Å². The Morgan fingerprint density at radius 2 is 2.12 bits per heavy atom. The minimum atomic E-state index is -0.893. The van der Waals surface area contributed by atoms with Gasteiger partial charge in [-0.2, -0.15) is 29.8 Å². The molecule has 1 aromatic carbocycles. The number of aryl methyl sites for hydroxylation is 1. The van der Waals surface area contributed by atoms with E-state index in [4.69, 9.17) is 4.65 Å². The van der Waals surface area contributed by atoms with Gasteiger partial charge in [0.2, 0.25) is 0 Å². The Morgan fingerprint density at radius 3 is 2.71 bits per heavy atom. The van der Waals surface area contributed by atoms with Crippen molar-refractivity contribution < 1.29 is 38.2 Å². The third-order valence-electron chi connectivity index (χ3n) is 4.69. The number of hydrogen-bond acceptors (Lipinski definition) is 4. The van der Waals surface area contributed by atoms with Crippen LogP contribution in [0.5, 0.6) is 0 Å². The molecular formula is C16H24BN3O3W. The molecule has 1 saturated carbocycles. The Hall–Kier alpha value is -1.33. The first-order valence-corrected chi connectivity index (χ1v) is 7.99.